The van der Waals surface area contributed by atoms with E-state index in [1.807, 2.05) is 24.3 Å². The minimum absolute atomic E-state index is 0.663. The normalized spacial score (nSPS) is 10.3. The van der Waals surface area contributed by atoms with E-state index in [2.05, 4.69) is 5.38 Å². The predicted octanol–water partition coefficient (Wildman–Crippen LogP) is 4.52. The highest BCUT2D eigenvalue weighted by Gasteiger charge is 2.01. The first-order valence-electron chi connectivity index (χ1n) is 3.68. The minimum Gasteiger partial charge on any atom is -0.134 e. The van der Waals surface area contributed by atoms with E-state index < -0.39 is 0 Å². The second-order valence-corrected chi connectivity index (χ2v) is 4.33. The summed E-state index contributed by atoms with van der Waals surface area (Å²) < 4.78 is 0. The van der Waals surface area contributed by atoms with Gasteiger partial charge in [0.25, 0.3) is 0 Å². The molecule has 0 bridgehead atoms. The van der Waals surface area contributed by atoms with E-state index in [0.717, 1.165) is 10.4 Å². The largest absolute Gasteiger partial charge is 0.134 e. The predicted molar refractivity (Wildman–Crippen MR) is 58.6 cm³/mol. The summed E-state index contributed by atoms with van der Waals surface area (Å²) in [5.41, 5.74) is 1.05. The van der Waals surface area contributed by atoms with Crippen LogP contribution in [0, 0.1) is 5.38 Å². The summed E-state index contributed by atoms with van der Waals surface area (Å²) in [6, 6.07) is 9.39. The van der Waals surface area contributed by atoms with Crippen LogP contribution in [0.5, 0.6) is 0 Å². The van der Waals surface area contributed by atoms with Gasteiger partial charge < -0.3 is 0 Å². The molecule has 0 N–H and O–H groups in total. The summed E-state index contributed by atoms with van der Waals surface area (Å²) in [6.07, 6.45) is 0. The van der Waals surface area contributed by atoms with Crippen LogP contribution < -0.4 is 0 Å². The second-order valence-electron chi connectivity index (χ2n) is 2.58. The zero-order valence-corrected chi connectivity index (χ0v) is 8.88. The summed E-state index contributed by atoms with van der Waals surface area (Å²) >= 11 is 13.3. The van der Waals surface area contributed by atoms with Crippen molar-refractivity contribution in [1.29, 1.82) is 0 Å². The Balaban J connectivity index is 2.53. The first-order chi connectivity index (χ1) is 6.25. The Morgan fingerprint density at radius 3 is 2.31 bits per heavy atom. The lowest BCUT2D eigenvalue weighted by molar-refractivity contribution is 1.69. The Hall–Kier alpha value is -0.500. The maximum Gasteiger partial charge on any atom is 0.0449 e. The molecule has 0 fully saturated rings. The van der Waals surface area contributed by atoms with Crippen LogP contribution >= 0.6 is 34.5 Å². The first kappa shape index (κ1) is 9.07. The van der Waals surface area contributed by atoms with Crippen LogP contribution in [0.15, 0.2) is 30.3 Å². The Kier molecular flexibility index (Phi) is 2.58. The molecule has 0 saturated heterocycles. The van der Waals surface area contributed by atoms with Gasteiger partial charge in [0.1, 0.15) is 0 Å². The molecule has 0 aliphatic rings. The van der Waals surface area contributed by atoms with Crippen LogP contribution in [0.25, 0.3) is 10.4 Å². The van der Waals surface area contributed by atoms with Crippen LogP contribution in [-0.4, -0.2) is 0 Å². The highest BCUT2D eigenvalue weighted by atomic mass is 35.5. The van der Waals surface area contributed by atoms with Crippen LogP contribution in [0.2, 0.25) is 10.0 Å². The van der Waals surface area contributed by atoms with Crippen molar-refractivity contribution < 1.29 is 0 Å². The maximum absolute atomic E-state index is 5.88. The molecule has 3 heteroatoms. The SMILES string of the molecule is Clc1cc(Cl)cc(-c2cc[c]s2)c1. The summed E-state index contributed by atoms with van der Waals surface area (Å²) in [5, 5.41) is 4.35. The smallest absolute Gasteiger partial charge is 0.0449 e. The van der Waals surface area contributed by atoms with Gasteiger partial charge in [-0.05, 0) is 35.9 Å². The van der Waals surface area contributed by atoms with Gasteiger partial charge in [0.05, 0.1) is 0 Å². The topological polar surface area (TPSA) is 0 Å². The summed E-state index contributed by atoms with van der Waals surface area (Å²) in [6.45, 7) is 0. The van der Waals surface area contributed by atoms with E-state index in [-0.39, 0.29) is 0 Å². The second kappa shape index (κ2) is 3.70. The lowest BCUT2D eigenvalue weighted by Crippen LogP contribution is -1.73. The van der Waals surface area contributed by atoms with E-state index in [0.29, 0.717) is 10.0 Å². The van der Waals surface area contributed by atoms with Crippen molar-refractivity contribution in [2.75, 3.05) is 0 Å². The number of rotatable bonds is 1. The van der Waals surface area contributed by atoms with Crippen molar-refractivity contribution in [2.24, 2.45) is 0 Å². The highest BCUT2D eigenvalue weighted by Crippen LogP contribution is 2.29. The Morgan fingerprint density at radius 2 is 1.77 bits per heavy atom. The van der Waals surface area contributed by atoms with Crippen LogP contribution in [0.1, 0.15) is 0 Å². The van der Waals surface area contributed by atoms with E-state index in [1.54, 1.807) is 17.4 Å². The average Bonchev–Trinajstić information content (AvgIpc) is 2.53. The fourth-order valence-electron chi connectivity index (χ4n) is 1.09. The molecular formula is C10H5Cl2S. The summed E-state index contributed by atoms with van der Waals surface area (Å²) in [5.74, 6) is 0. The molecule has 0 saturated carbocycles. The fourth-order valence-corrected chi connectivity index (χ4v) is 2.25. The Labute approximate surface area is 90.7 Å². The minimum atomic E-state index is 0.663. The molecule has 13 heavy (non-hydrogen) atoms. The van der Waals surface area contributed by atoms with E-state index in [4.69, 9.17) is 23.2 Å². The number of thiophene rings is 1. The number of halogens is 2. The van der Waals surface area contributed by atoms with Crippen molar-refractivity contribution in [2.45, 2.75) is 0 Å². The van der Waals surface area contributed by atoms with Gasteiger partial charge >= 0.3 is 0 Å². The molecule has 1 radical (unpaired) electrons. The van der Waals surface area contributed by atoms with Gasteiger partial charge in [-0.25, -0.2) is 0 Å². The summed E-state index contributed by atoms with van der Waals surface area (Å²) in [7, 11) is 0. The molecule has 0 aliphatic carbocycles. The number of hydrogen-bond acceptors (Lipinski definition) is 1. The molecule has 0 spiro atoms. The molecule has 0 unspecified atom stereocenters. The highest BCUT2D eigenvalue weighted by molar-refractivity contribution is 7.13. The molecule has 65 valence electrons. The fraction of sp³-hybridized carbons (Fsp3) is 0. The molecular weight excluding hydrogens is 223 g/mol. The first-order valence-corrected chi connectivity index (χ1v) is 5.25. The van der Waals surface area contributed by atoms with Gasteiger partial charge in [-0.3, -0.25) is 0 Å². The molecule has 0 nitrogen and oxygen atoms in total. The average molecular weight is 228 g/mol. The van der Waals surface area contributed by atoms with Crippen molar-refractivity contribution >= 4 is 34.5 Å². The molecule has 0 amide bonds. The zero-order chi connectivity index (χ0) is 9.26. The molecule has 2 rings (SSSR count). The Morgan fingerprint density at radius 1 is 1.08 bits per heavy atom. The van der Waals surface area contributed by atoms with Gasteiger partial charge in [0.15, 0.2) is 0 Å². The lowest BCUT2D eigenvalue weighted by Gasteiger charge is -1.99. The number of benzene rings is 1. The van der Waals surface area contributed by atoms with Gasteiger partial charge in [0, 0.05) is 20.3 Å². The third-order valence-electron chi connectivity index (χ3n) is 1.62. The lowest BCUT2D eigenvalue weighted by atomic mass is 10.2. The van der Waals surface area contributed by atoms with E-state index in [1.165, 1.54) is 0 Å². The van der Waals surface area contributed by atoms with Gasteiger partial charge in [-0.2, -0.15) is 0 Å². The monoisotopic (exact) mass is 227 g/mol. The van der Waals surface area contributed by atoms with Crippen molar-refractivity contribution in [3.63, 3.8) is 0 Å². The number of hydrogen-bond donors (Lipinski definition) is 0. The molecule has 1 heterocycles. The maximum atomic E-state index is 5.88. The van der Waals surface area contributed by atoms with E-state index >= 15 is 0 Å². The molecule has 1 aromatic heterocycles. The van der Waals surface area contributed by atoms with Gasteiger partial charge in [-0.1, -0.05) is 23.2 Å². The zero-order valence-electron chi connectivity index (χ0n) is 6.55. The molecule has 0 atom stereocenters. The van der Waals surface area contributed by atoms with Crippen molar-refractivity contribution in [3.05, 3.63) is 45.8 Å². The summed E-state index contributed by atoms with van der Waals surface area (Å²) in [4.78, 5) is 1.13. The third-order valence-corrected chi connectivity index (χ3v) is 2.90. The molecule has 1 aromatic carbocycles. The Bertz CT molecular complexity index is 387. The van der Waals surface area contributed by atoms with Crippen LogP contribution in [0.3, 0.4) is 0 Å². The van der Waals surface area contributed by atoms with Crippen molar-refractivity contribution in [1.82, 2.24) is 0 Å². The molecule has 2 aromatic rings. The van der Waals surface area contributed by atoms with E-state index in [9.17, 15) is 0 Å². The quantitative estimate of drug-likeness (QED) is 0.673. The van der Waals surface area contributed by atoms with Gasteiger partial charge in [-0.15, -0.1) is 11.3 Å². The standard InChI is InChI=1S/C10H5Cl2S/c11-8-4-7(5-9(12)6-8)10-2-1-3-13-10/h1-2,4-6H. The van der Waals surface area contributed by atoms with Crippen molar-refractivity contribution in [3.8, 4) is 10.4 Å². The van der Waals surface area contributed by atoms with Gasteiger partial charge in [0.2, 0.25) is 0 Å². The van der Waals surface area contributed by atoms with Crippen LogP contribution in [-0.2, 0) is 0 Å². The third kappa shape index (κ3) is 2.05. The molecule has 0 aliphatic heterocycles. The van der Waals surface area contributed by atoms with Crippen LogP contribution in [0.4, 0.5) is 0 Å².